The van der Waals surface area contributed by atoms with Crippen LogP contribution >= 0.6 is 0 Å². The van der Waals surface area contributed by atoms with Gasteiger partial charge < -0.3 is 24.4 Å². The number of β-amino-alcohol motifs (C(OH)–C–C–N with tert-alkyl or cyclic N) is 1. The highest BCUT2D eigenvalue weighted by Gasteiger charge is 2.30. The van der Waals surface area contributed by atoms with Crippen molar-refractivity contribution in [3.63, 3.8) is 0 Å². The summed E-state index contributed by atoms with van der Waals surface area (Å²) in [6, 6.07) is 13.8. The zero-order valence-electron chi connectivity index (χ0n) is 22.0. The van der Waals surface area contributed by atoms with Crippen LogP contribution in [0.3, 0.4) is 0 Å². The van der Waals surface area contributed by atoms with E-state index in [2.05, 4.69) is 35.8 Å². The summed E-state index contributed by atoms with van der Waals surface area (Å²) in [6.45, 7) is 10.1. The van der Waals surface area contributed by atoms with Gasteiger partial charge in [0.25, 0.3) is 0 Å². The van der Waals surface area contributed by atoms with Crippen molar-refractivity contribution in [2.75, 3.05) is 57.8 Å². The number of hydrogen-bond acceptors (Lipinski definition) is 6. The SMILES string of the molecule is Cc1cccc(C)c1N(C)C(=O)CCCCCN1CCN(CC(O)C2COc3ccccc3O2)CC1. The van der Waals surface area contributed by atoms with E-state index in [-0.39, 0.29) is 12.0 Å². The predicted molar refractivity (Wildman–Crippen MR) is 143 cm³/mol. The van der Waals surface area contributed by atoms with Crippen LogP contribution in [-0.2, 0) is 4.79 Å². The van der Waals surface area contributed by atoms with E-state index in [0.717, 1.165) is 74.6 Å². The fourth-order valence-electron chi connectivity index (χ4n) is 5.22. The molecule has 7 nitrogen and oxygen atoms in total. The van der Waals surface area contributed by atoms with E-state index in [1.807, 2.05) is 42.3 Å². The fraction of sp³-hybridized carbons (Fsp3) is 0.552. The molecule has 0 aliphatic carbocycles. The maximum absolute atomic E-state index is 12.7. The lowest BCUT2D eigenvalue weighted by molar-refractivity contribution is -0.118. The van der Waals surface area contributed by atoms with E-state index < -0.39 is 6.10 Å². The van der Waals surface area contributed by atoms with Crippen LogP contribution in [0.25, 0.3) is 0 Å². The van der Waals surface area contributed by atoms with E-state index in [1.54, 1.807) is 0 Å². The number of aliphatic hydroxyl groups is 1. The first-order valence-corrected chi connectivity index (χ1v) is 13.3. The molecule has 196 valence electrons. The number of hydrogen-bond donors (Lipinski definition) is 1. The topological polar surface area (TPSA) is 65.5 Å². The summed E-state index contributed by atoms with van der Waals surface area (Å²) in [5.41, 5.74) is 3.32. The number of rotatable bonds is 10. The number of unbranched alkanes of at least 4 members (excludes halogenated alkanes) is 2. The van der Waals surface area contributed by atoms with Gasteiger partial charge in [0.2, 0.25) is 5.91 Å². The molecule has 4 rings (SSSR count). The third-order valence-corrected chi connectivity index (χ3v) is 7.38. The van der Waals surface area contributed by atoms with Crippen LogP contribution in [0.5, 0.6) is 11.5 Å². The Kier molecular flexibility index (Phi) is 9.24. The fourth-order valence-corrected chi connectivity index (χ4v) is 5.22. The number of amides is 1. The number of para-hydroxylation sites is 3. The van der Waals surface area contributed by atoms with Crippen molar-refractivity contribution < 1.29 is 19.4 Å². The van der Waals surface area contributed by atoms with Crippen molar-refractivity contribution in [2.24, 2.45) is 0 Å². The molecule has 36 heavy (non-hydrogen) atoms. The molecule has 1 amide bonds. The zero-order chi connectivity index (χ0) is 25.5. The van der Waals surface area contributed by atoms with Crippen LogP contribution in [-0.4, -0.2) is 85.9 Å². The van der Waals surface area contributed by atoms with Crippen LogP contribution in [0.4, 0.5) is 5.69 Å². The number of piperazine rings is 1. The van der Waals surface area contributed by atoms with Crippen molar-refractivity contribution >= 4 is 11.6 Å². The van der Waals surface area contributed by atoms with Gasteiger partial charge in [0.1, 0.15) is 12.7 Å². The van der Waals surface area contributed by atoms with Gasteiger partial charge >= 0.3 is 0 Å². The molecule has 2 aliphatic heterocycles. The molecule has 2 aliphatic rings. The molecule has 0 saturated carbocycles. The lowest BCUT2D eigenvalue weighted by atomic mass is 10.1. The van der Waals surface area contributed by atoms with Crippen molar-refractivity contribution in [1.82, 2.24) is 9.80 Å². The molecule has 1 N–H and O–H groups in total. The van der Waals surface area contributed by atoms with Gasteiger partial charge in [-0.3, -0.25) is 9.69 Å². The van der Waals surface area contributed by atoms with Crippen molar-refractivity contribution in [3.8, 4) is 11.5 Å². The van der Waals surface area contributed by atoms with Gasteiger partial charge in [-0.05, 0) is 56.5 Å². The normalized spacial score (nSPS) is 19.2. The van der Waals surface area contributed by atoms with Gasteiger partial charge in [0.05, 0.1) is 0 Å². The summed E-state index contributed by atoms with van der Waals surface area (Å²) in [5.74, 6) is 1.64. The van der Waals surface area contributed by atoms with Crippen molar-refractivity contribution in [1.29, 1.82) is 0 Å². The Morgan fingerprint density at radius 1 is 0.972 bits per heavy atom. The van der Waals surface area contributed by atoms with Gasteiger partial charge in [0.15, 0.2) is 17.6 Å². The molecule has 2 aromatic rings. The molecule has 0 bridgehead atoms. The molecular formula is C29H41N3O4. The largest absolute Gasteiger partial charge is 0.486 e. The summed E-state index contributed by atoms with van der Waals surface area (Å²) < 4.78 is 11.7. The molecule has 7 heteroatoms. The number of carbonyl (C=O) groups is 1. The first-order chi connectivity index (χ1) is 17.4. The van der Waals surface area contributed by atoms with Crippen LogP contribution in [0, 0.1) is 13.8 Å². The molecule has 0 spiro atoms. The number of aliphatic hydroxyl groups excluding tert-OH is 1. The monoisotopic (exact) mass is 495 g/mol. The molecule has 1 fully saturated rings. The number of carbonyl (C=O) groups excluding carboxylic acids is 1. The second-order valence-electron chi connectivity index (χ2n) is 10.1. The second kappa shape index (κ2) is 12.6. The lowest BCUT2D eigenvalue weighted by Crippen LogP contribution is -2.52. The standard InChI is InChI=1S/C29H41N3O4/c1-22-10-9-11-23(2)29(22)30(3)28(34)14-5-4-8-15-31-16-18-32(19-17-31)20-24(33)27-21-35-25-12-6-7-13-26(25)36-27/h6-7,9-13,24,27,33H,4-5,8,14-21H2,1-3H3. The Morgan fingerprint density at radius 2 is 1.64 bits per heavy atom. The van der Waals surface area contributed by atoms with Crippen LogP contribution in [0.15, 0.2) is 42.5 Å². The average molecular weight is 496 g/mol. The number of aryl methyl sites for hydroxylation is 2. The Hall–Kier alpha value is -2.61. The third-order valence-electron chi connectivity index (χ3n) is 7.38. The van der Waals surface area contributed by atoms with Gasteiger partial charge in [-0.2, -0.15) is 0 Å². The first-order valence-electron chi connectivity index (χ1n) is 13.3. The second-order valence-corrected chi connectivity index (χ2v) is 10.1. The minimum absolute atomic E-state index is 0.190. The summed E-state index contributed by atoms with van der Waals surface area (Å²) >= 11 is 0. The third kappa shape index (κ3) is 6.78. The van der Waals surface area contributed by atoms with E-state index in [9.17, 15) is 9.90 Å². The number of ether oxygens (including phenoxy) is 2. The molecule has 2 heterocycles. The van der Waals surface area contributed by atoms with Crippen molar-refractivity contribution in [2.45, 2.75) is 51.7 Å². The Bertz CT molecular complexity index is 986. The highest BCUT2D eigenvalue weighted by atomic mass is 16.6. The Balaban J connectivity index is 1.09. The predicted octanol–water partition coefficient (Wildman–Crippen LogP) is 3.65. The van der Waals surface area contributed by atoms with E-state index in [4.69, 9.17) is 9.47 Å². The average Bonchev–Trinajstić information content (AvgIpc) is 2.88. The quantitative estimate of drug-likeness (QED) is 0.508. The molecule has 2 atom stereocenters. The maximum atomic E-state index is 12.7. The first kappa shape index (κ1) is 26.5. The molecular weight excluding hydrogens is 454 g/mol. The highest BCUT2D eigenvalue weighted by molar-refractivity contribution is 5.94. The number of fused-ring (bicyclic) bond motifs is 1. The van der Waals surface area contributed by atoms with Gasteiger partial charge in [0, 0.05) is 51.9 Å². The molecule has 2 unspecified atom stereocenters. The van der Waals surface area contributed by atoms with E-state index >= 15 is 0 Å². The number of nitrogens with zero attached hydrogens (tertiary/aromatic N) is 3. The minimum Gasteiger partial charge on any atom is -0.486 e. The molecule has 0 radical (unpaired) electrons. The van der Waals surface area contributed by atoms with E-state index in [1.165, 1.54) is 0 Å². The van der Waals surface area contributed by atoms with Gasteiger partial charge in [-0.25, -0.2) is 0 Å². The number of anilines is 1. The Labute approximate surface area is 215 Å². The van der Waals surface area contributed by atoms with E-state index in [0.29, 0.717) is 25.3 Å². The van der Waals surface area contributed by atoms with Gasteiger partial charge in [-0.15, -0.1) is 0 Å². The summed E-state index contributed by atoms with van der Waals surface area (Å²) in [4.78, 5) is 19.3. The number of benzene rings is 2. The van der Waals surface area contributed by atoms with Crippen LogP contribution < -0.4 is 14.4 Å². The van der Waals surface area contributed by atoms with Gasteiger partial charge in [-0.1, -0.05) is 36.8 Å². The highest BCUT2D eigenvalue weighted by Crippen LogP contribution is 2.31. The lowest BCUT2D eigenvalue weighted by Gasteiger charge is -2.37. The summed E-state index contributed by atoms with van der Waals surface area (Å²) in [6.07, 6.45) is 2.76. The Morgan fingerprint density at radius 3 is 2.36 bits per heavy atom. The summed E-state index contributed by atoms with van der Waals surface area (Å²) in [5, 5.41) is 10.7. The molecule has 1 saturated heterocycles. The zero-order valence-corrected chi connectivity index (χ0v) is 22.0. The minimum atomic E-state index is -0.580. The summed E-state index contributed by atoms with van der Waals surface area (Å²) in [7, 11) is 1.89. The molecule has 2 aromatic carbocycles. The van der Waals surface area contributed by atoms with Crippen LogP contribution in [0.1, 0.15) is 36.8 Å². The van der Waals surface area contributed by atoms with Crippen molar-refractivity contribution in [3.05, 3.63) is 53.6 Å². The maximum Gasteiger partial charge on any atom is 0.226 e. The smallest absolute Gasteiger partial charge is 0.226 e. The van der Waals surface area contributed by atoms with Crippen LogP contribution in [0.2, 0.25) is 0 Å². The molecule has 0 aromatic heterocycles.